The Balaban J connectivity index is 1.43. The Morgan fingerprint density at radius 1 is 0.692 bits per heavy atom. The average Bonchev–Trinajstić information content (AvgIpc) is 2.59. The van der Waals surface area contributed by atoms with Gasteiger partial charge in [-0.2, -0.15) is 0 Å². The molecule has 0 radical (unpaired) electrons. The van der Waals surface area contributed by atoms with E-state index in [1.807, 2.05) is 0 Å². The lowest BCUT2D eigenvalue weighted by atomic mass is 9.32. The number of hydrogen-bond donors (Lipinski definition) is 0. The summed E-state index contributed by atoms with van der Waals surface area (Å²) in [5.74, 6) is 6.57. The fourth-order valence-electron chi connectivity index (χ4n) is 10.5. The van der Waals surface area contributed by atoms with Crippen molar-refractivity contribution >= 4 is 0 Å². The van der Waals surface area contributed by atoms with Gasteiger partial charge < -0.3 is 0 Å². The maximum atomic E-state index is 7.53. The topological polar surface area (TPSA) is 8.72 Å². The van der Waals surface area contributed by atoms with E-state index in [-0.39, 0.29) is 0 Å². The van der Waals surface area contributed by atoms with Crippen molar-refractivity contribution in [3.8, 4) is 0 Å². The summed E-state index contributed by atoms with van der Waals surface area (Å²) in [6.45, 7) is 15.1. The third-order valence-corrected chi connectivity index (χ3v) is 10.4. The van der Waals surface area contributed by atoms with Crippen LogP contribution in [0.3, 0.4) is 0 Å². The molecule has 8 aliphatic carbocycles. The molecule has 0 aliphatic heterocycles. The molecule has 8 rings (SSSR count). The second kappa shape index (κ2) is 5.28. The molecule has 138 valence electrons. The first-order valence-electron chi connectivity index (χ1n) is 11.4. The lowest BCUT2D eigenvalue weighted by Crippen LogP contribution is -2.64. The molecule has 2 nitrogen and oxygen atoms in total. The molecule has 0 heterocycles. The van der Waals surface area contributed by atoms with Crippen LogP contribution in [-0.2, 0) is 0 Å². The molecule has 0 aromatic carbocycles. The van der Waals surface area contributed by atoms with Gasteiger partial charge in [-0.15, -0.1) is 0 Å². The summed E-state index contributed by atoms with van der Waals surface area (Å²) in [5, 5.41) is 0. The summed E-state index contributed by atoms with van der Waals surface area (Å²) in [7, 11) is 0. The van der Waals surface area contributed by atoms with Crippen LogP contribution < -0.4 is 0 Å². The molecule has 8 bridgehead atoms. The van der Waals surface area contributed by atoms with Gasteiger partial charge in [0.15, 0.2) is 0 Å². The Hall–Kier alpha value is -1.02. The molecule has 8 saturated carbocycles. The minimum absolute atomic E-state index is 0.400. The van der Waals surface area contributed by atoms with Gasteiger partial charge in [0.25, 0.3) is 0 Å². The zero-order valence-electron chi connectivity index (χ0n) is 16.0. The molecule has 3 unspecified atom stereocenters. The van der Waals surface area contributed by atoms with E-state index in [1.165, 1.54) is 70.6 Å². The quantitative estimate of drug-likeness (QED) is 0.537. The molecule has 8 aliphatic rings. The van der Waals surface area contributed by atoms with Gasteiger partial charge in [0, 0.05) is 0 Å². The second-order valence-electron chi connectivity index (χ2n) is 11.5. The highest BCUT2D eigenvalue weighted by Gasteiger charge is 2.68. The zero-order chi connectivity index (χ0) is 17.5. The summed E-state index contributed by atoms with van der Waals surface area (Å²) in [5.41, 5.74) is 1.13. The van der Waals surface area contributed by atoms with Gasteiger partial charge in [-0.3, -0.25) is 0 Å². The van der Waals surface area contributed by atoms with Gasteiger partial charge in [-0.25, -0.2) is 22.8 Å². The average molecular weight is 349 g/mol. The van der Waals surface area contributed by atoms with Gasteiger partial charge >= 0.3 is 6.17 Å². The maximum absolute atomic E-state index is 7.53. The van der Waals surface area contributed by atoms with Gasteiger partial charge in [0.05, 0.1) is 0 Å². The predicted molar refractivity (Wildman–Crippen MR) is 102 cm³/mol. The van der Waals surface area contributed by atoms with Gasteiger partial charge in [-0.1, -0.05) is 0 Å². The SMILES string of the molecule is [C-]#[N+]C(CC1C2CC3CC(C2)CC1(C12CC4CC(CC(C4)C1)C2)C3)[N+]#[C-]. The van der Waals surface area contributed by atoms with E-state index in [0.717, 1.165) is 41.9 Å². The predicted octanol–water partition coefficient (Wildman–Crippen LogP) is 6.20. The van der Waals surface area contributed by atoms with Gasteiger partial charge in [-0.05, 0) is 123 Å². The van der Waals surface area contributed by atoms with Crippen molar-refractivity contribution in [2.45, 2.75) is 83.2 Å². The fraction of sp³-hybridized carbons (Fsp3) is 0.917. The van der Waals surface area contributed by atoms with E-state index >= 15 is 0 Å². The molecule has 0 N–H and O–H groups in total. The smallest absolute Gasteiger partial charge is 0.233 e. The van der Waals surface area contributed by atoms with Crippen LogP contribution in [0.1, 0.15) is 77.0 Å². The largest absolute Gasteiger partial charge is 0.474 e. The van der Waals surface area contributed by atoms with Crippen molar-refractivity contribution in [1.82, 2.24) is 0 Å². The fourth-order valence-corrected chi connectivity index (χ4v) is 10.5. The molecule has 26 heavy (non-hydrogen) atoms. The molecule has 2 heteroatoms. The first-order chi connectivity index (χ1) is 12.6. The van der Waals surface area contributed by atoms with E-state index < -0.39 is 6.17 Å². The minimum atomic E-state index is -0.400. The van der Waals surface area contributed by atoms with Crippen molar-refractivity contribution in [2.75, 3.05) is 0 Å². The lowest BCUT2D eigenvalue weighted by Gasteiger charge is -2.72. The third kappa shape index (κ3) is 1.97. The number of rotatable bonds is 3. The van der Waals surface area contributed by atoms with E-state index in [4.69, 9.17) is 13.1 Å². The first kappa shape index (κ1) is 16.0. The van der Waals surface area contributed by atoms with Crippen LogP contribution in [0.15, 0.2) is 0 Å². The number of nitrogens with zero attached hydrogens (tertiary/aromatic N) is 2. The van der Waals surface area contributed by atoms with Crippen LogP contribution in [-0.4, -0.2) is 6.17 Å². The van der Waals surface area contributed by atoms with Crippen molar-refractivity contribution in [1.29, 1.82) is 0 Å². The van der Waals surface area contributed by atoms with Gasteiger partial charge in [0.1, 0.15) is 6.42 Å². The zero-order valence-corrected chi connectivity index (χ0v) is 16.0. The molecule has 3 atom stereocenters. The summed E-state index contributed by atoms with van der Waals surface area (Å²) in [6, 6.07) is 0. The molecule has 0 spiro atoms. The van der Waals surface area contributed by atoms with Gasteiger partial charge in [0.2, 0.25) is 0 Å². The van der Waals surface area contributed by atoms with E-state index in [1.54, 1.807) is 0 Å². The van der Waals surface area contributed by atoms with E-state index in [2.05, 4.69) is 9.69 Å². The van der Waals surface area contributed by atoms with Crippen LogP contribution >= 0.6 is 0 Å². The summed E-state index contributed by atoms with van der Waals surface area (Å²) < 4.78 is 0. The van der Waals surface area contributed by atoms with Crippen LogP contribution in [0, 0.1) is 65.4 Å². The van der Waals surface area contributed by atoms with E-state index in [0.29, 0.717) is 16.7 Å². The molecule has 0 aromatic rings. The Morgan fingerprint density at radius 3 is 1.62 bits per heavy atom. The molecule has 0 saturated heterocycles. The Labute approximate surface area is 158 Å². The Morgan fingerprint density at radius 2 is 1.15 bits per heavy atom. The minimum Gasteiger partial charge on any atom is -0.233 e. The lowest BCUT2D eigenvalue weighted by molar-refractivity contribution is -0.232. The second-order valence-corrected chi connectivity index (χ2v) is 11.5. The van der Waals surface area contributed by atoms with Crippen molar-refractivity contribution in [3.05, 3.63) is 22.8 Å². The molecule has 8 fully saturated rings. The highest BCUT2D eigenvalue weighted by Crippen LogP contribution is 2.76. The Bertz CT molecular complexity index is 631. The third-order valence-electron chi connectivity index (χ3n) is 10.4. The van der Waals surface area contributed by atoms with Crippen LogP contribution in [0.2, 0.25) is 0 Å². The number of hydrogen-bond acceptors (Lipinski definition) is 0. The summed E-state index contributed by atoms with van der Waals surface area (Å²) in [4.78, 5) is 7.46. The van der Waals surface area contributed by atoms with Crippen molar-refractivity contribution in [2.24, 2.45) is 52.3 Å². The van der Waals surface area contributed by atoms with Crippen LogP contribution in [0.5, 0.6) is 0 Å². The first-order valence-corrected chi connectivity index (χ1v) is 11.4. The molecular formula is C24H32N2. The highest BCUT2D eigenvalue weighted by atomic mass is 14.9. The van der Waals surface area contributed by atoms with Crippen LogP contribution in [0.4, 0.5) is 0 Å². The maximum Gasteiger partial charge on any atom is 0.474 e. The summed E-state index contributed by atoms with van der Waals surface area (Å²) in [6.07, 6.45) is 16.9. The molecular weight excluding hydrogens is 316 g/mol. The highest BCUT2D eigenvalue weighted by molar-refractivity contribution is 5.18. The van der Waals surface area contributed by atoms with Crippen molar-refractivity contribution in [3.63, 3.8) is 0 Å². The monoisotopic (exact) mass is 348 g/mol. The normalized spacial score (nSPS) is 55.9. The van der Waals surface area contributed by atoms with Crippen molar-refractivity contribution < 1.29 is 0 Å². The summed E-state index contributed by atoms with van der Waals surface area (Å²) >= 11 is 0. The molecule has 0 amide bonds. The van der Waals surface area contributed by atoms with E-state index in [9.17, 15) is 0 Å². The molecule has 0 aromatic heterocycles. The standard InChI is InChI=1S/C24H32N2/c1-25-22(26-2)9-21-20-7-18-6-19(8-20)14-24(21,13-18)23-10-15-3-16(11-23)5-17(4-15)12-23/h15-22H,3-14H2. The Kier molecular flexibility index (Phi) is 3.24. The van der Waals surface area contributed by atoms with Crippen LogP contribution in [0.25, 0.3) is 9.69 Å².